The van der Waals surface area contributed by atoms with Gasteiger partial charge in [-0.05, 0) is 38.3 Å². The molecule has 0 aromatic carbocycles. The largest absolute Gasteiger partial charge is 0.469 e. The molecule has 1 aliphatic heterocycles. The highest BCUT2D eigenvalue weighted by atomic mass is 16.5. The number of furan rings is 1. The number of rotatable bonds is 16. The molecule has 1 aromatic rings. The number of Topliss-reactive ketones (excluding diaryl/α,β-unsaturated/α-hetero) is 1. The van der Waals surface area contributed by atoms with Gasteiger partial charge in [0.2, 0.25) is 17.7 Å². The van der Waals surface area contributed by atoms with E-state index >= 15 is 0 Å². The van der Waals surface area contributed by atoms with Crippen LogP contribution in [0.3, 0.4) is 0 Å². The molecule has 0 spiro atoms. The van der Waals surface area contributed by atoms with Crippen molar-refractivity contribution < 1.29 is 33.1 Å². The monoisotopic (exact) mass is 548 g/mol. The van der Waals surface area contributed by atoms with Crippen LogP contribution in [0.15, 0.2) is 22.8 Å². The Morgan fingerprint density at radius 2 is 1.77 bits per heavy atom. The summed E-state index contributed by atoms with van der Waals surface area (Å²) >= 11 is 0. The minimum absolute atomic E-state index is 0.0736. The van der Waals surface area contributed by atoms with Gasteiger partial charge in [0.1, 0.15) is 17.8 Å². The molecule has 1 aromatic heterocycles. The van der Waals surface area contributed by atoms with E-state index < -0.39 is 29.9 Å². The second kappa shape index (κ2) is 16.4. The maximum atomic E-state index is 13.5. The highest BCUT2D eigenvalue weighted by molar-refractivity contribution is 5.94. The molecule has 3 N–H and O–H groups in total. The first-order chi connectivity index (χ1) is 18.9. The number of hydrogen-bond acceptors (Lipinski definition) is 8. The third kappa shape index (κ3) is 10.7. The number of nitrogens with zero attached hydrogens (tertiary/aromatic N) is 1. The van der Waals surface area contributed by atoms with E-state index in [2.05, 4.69) is 16.0 Å². The SMILES string of the molecule is CCOCCC(=O)[C@H](CC1CCCC1)NC(=O)[C@H](Cc1ccco1)NC(=O)[C@H](C)NC(=O)CN1CCOCC1. The van der Waals surface area contributed by atoms with Gasteiger partial charge in [-0.25, -0.2) is 0 Å². The highest BCUT2D eigenvalue weighted by Crippen LogP contribution is 2.29. The summed E-state index contributed by atoms with van der Waals surface area (Å²) in [5.74, 6) is -0.398. The van der Waals surface area contributed by atoms with Crippen LogP contribution in [0.2, 0.25) is 0 Å². The fourth-order valence-electron chi connectivity index (χ4n) is 5.06. The molecule has 3 atom stereocenters. The molecule has 3 rings (SSSR count). The first-order valence-corrected chi connectivity index (χ1v) is 14.2. The molecule has 2 fully saturated rings. The highest BCUT2D eigenvalue weighted by Gasteiger charge is 2.31. The van der Waals surface area contributed by atoms with Gasteiger partial charge in [0, 0.05) is 32.5 Å². The Hall–Kier alpha value is -2.76. The van der Waals surface area contributed by atoms with E-state index in [0.29, 0.717) is 57.6 Å². The predicted octanol–water partition coefficient (Wildman–Crippen LogP) is 1.20. The Morgan fingerprint density at radius 1 is 1.05 bits per heavy atom. The molecule has 0 radical (unpaired) electrons. The summed E-state index contributed by atoms with van der Waals surface area (Å²) in [6, 6.07) is 0.951. The Kier molecular flexibility index (Phi) is 12.9. The standard InChI is InChI=1S/C28H44N4O7/c1-3-37-14-10-25(33)23(17-21-7-4-5-8-21)30-28(36)24(18-22-9-6-13-39-22)31-27(35)20(2)29-26(34)19-32-11-15-38-16-12-32/h6,9,13,20-21,23-24H,3-5,7-8,10-12,14-19H2,1-2H3,(H,29,34)(H,30,36)(H,31,35)/t20-,23-,24-/m0/s1. The zero-order valence-electron chi connectivity index (χ0n) is 23.2. The number of ether oxygens (including phenoxy) is 2. The van der Waals surface area contributed by atoms with Crippen LogP contribution in [-0.2, 0) is 35.1 Å². The maximum Gasteiger partial charge on any atom is 0.243 e. The zero-order chi connectivity index (χ0) is 28.0. The van der Waals surface area contributed by atoms with E-state index in [-0.39, 0.29) is 31.1 Å². The molecule has 0 bridgehead atoms. The van der Waals surface area contributed by atoms with Crippen molar-refractivity contribution in [3.8, 4) is 0 Å². The molecule has 2 aliphatic rings. The van der Waals surface area contributed by atoms with Gasteiger partial charge in [0.25, 0.3) is 0 Å². The molecule has 0 unspecified atom stereocenters. The van der Waals surface area contributed by atoms with E-state index in [1.54, 1.807) is 19.1 Å². The van der Waals surface area contributed by atoms with Crippen molar-refractivity contribution >= 4 is 23.5 Å². The van der Waals surface area contributed by atoms with E-state index in [1.807, 2.05) is 11.8 Å². The Bertz CT molecular complexity index is 911. The molecule has 1 saturated heterocycles. The minimum Gasteiger partial charge on any atom is -0.469 e. The van der Waals surface area contributed by atoms with Crippen molar-refractivity contribution in [3.63, 3.8) is 0 Å². The molecule has 39 heavy (non-hydrogen) atoms. The summed E-state index contributed by atoms with van der Waals surface area (Å²) in [4.78, 5) is 54.0. The van der Waals surface area contributed by atoms with Crippen LogP contribution in [0.1, 0.15) is 58.1 Å². The average molecular weight is 549 g/mol. The van der Waals surface area contributed by atoms with Crippen LogP contribution >= 0.6 is 0 Å². The lowest BCUT2D eigenvalue weighted by molar-refractivity contribution is -0.133. The normalized spacial score (nSPS) is 18.7. The van der Waals surface area contributed by atoms with Crippen LogP contribution < -0.4 is 16.0 Å². The van der Waals surface area contributed by atoms with Crippen LogP contribution in [0.25, 0.3) is 0 Å². The fraction of sp³-hybridized carbons (Fsp3) is 0.714. The summed E-state index contributed by atoms with van der Waals surface area (Å²) in [5.41, 5.74) is 0. The summed E-state index contributed by atoms with van der Waals surface area (Å²) in [6.45, 7) is 6.90. The van der Waals surface area contributed by atoms with E-state index in [4.69, 9.17) is 13.9 Å². The van der Waals surface area contributed by atoms with Gasteiger partial charge >= 0.3 is 0 Å². The number of amides is 3. The Labute approximate surface area is 230 Å². The smallest absolute Gasteiger partial charge is 0.243 e. The lowest BCUT2D eigenvalue weighted by atomic mass is 9.94. The third-order valence-electron chi connectivity index (χ3n) is 7.31. The molecule has 11 heteroatoms. The quantitative estimate of drug-likeness (QED) is 0.262. The summed E-state index contributed by atoms with van der Waals surface area (Å²) in [5, 5.41) is 8.38. The number of ketones is 1. The van der Waals surface area contributed by atoms with E-state index in [0.717, 1.165) is 25.7 Å². The number of morpholine rings is 1. The van der Waals surface area contributed by atoms with Crippen molar-refractivity contribution in [2.45, 2.75) is 76.9 Å². The van der Waals surface area contributed by atoms with Crippen molar-refractivity contribution in [3.05, 3.63) is 24.2 Å². The second-order valence-electron chi connectivity index (χ2n) is 10.4. The molecule has 11 nitrogen and oxygen atoms in total. The van der Waals surface area contributed by atoms with Crippen LogP contribution in [0.4, 0.5) is 0 Å². The van der Waals surface area contributed by atoms with Gasteiger partial charge in [-0.2, -0.15) is 0 Å². The van der Waals surface area contributed by atoms with Gasteiger partial charge in [-0.15, -0.1) is 0 Å². The number of hydrogen-bond donors (Lipinski definition) is 3. The topological polar surface area (TPSA) is 139 Å². The van der Waals surface area contributed by atoms with Gasteiger partial charge in [-0.3, -0.25) is 24.1 Å². The molecule has 1 aliphatic carbocycles. The van der Waals surface area contributed by atoms with Gasteiger partial charge in [0.15, 0.2) is 5.78 Å². The van der Waals surface area contributed by atoms with Gasteiger partial charge < -0.3 is 29.8 Å². The molecule has 218 valence electrons. The molecule has 2 heterocycles. The molecule has 3 amide bonds. The maximum absolute atomic E-state index is 13.5. The molecular weight excluding hydrogens is 504 g/mol. The number of carbonyl (C=O) groups excluding carboxylic acids is 4. The van der Waals surface area contributed by atoms with Crippen LogP contribution in [-0.4, -0.2) is 92.6 Å². The lowest BCUT2D eigenvalue weighted by Gasteiger charge is -2.27. The summed E-state index contributed by atoms with van der Waals surface area (Å²) in [7, 11) is 0. The summed E-state index contributed by atoms with van der Waals surface area (Å²) < 4.78 is 16.1. The molecular formula is C28H44N4O7. The molecule has 1 saturated carbocycles. The van der Waals surface area contributed by atoms with Crippen molar-refractivity contribution in [1.82, 2.24) is 20.9 Å². The first kappa shape index (κ1) is 30.8. The average Bonchev–Trinajstić information content (AvgIpc) is 3.63. The fourth-order valence-corrected chi connectivity index (χ4v) is 5.06. The van der Waals surface area contributed by atoms with E-state index in [1.165, 1.54) is 6.26 Å². The second-order valence-corrected chi connectivity index (χ2v) is 10.4. The van der Waals surface area contributed by atoms with Crippen molar-refractivity contribution in [2.75, 3.05) is 46.1 Å². The van der Waals surface area contributed by atoms with Crippen molar-refractivity contribution in [2.24, 2.45) is 5.92 Å². The van der Waals surface area contributed by atoms with Gasteiger partial charge in [0.05, 0.1) is 38.7 Å². The summed E-state index contributed by atoms with van der Waals surface area (Å²) in [6.07, 6.45) is 6.75. The van der Waals surface area contributed by atoms with Crippen LogP contribution in [0.5, 0.6) is 0 Å². The van der Waals surface area contributed by atoms with Gasteiger partial charge in [-0.1, -0.05) is 25.7 Å². The number of carbonyl (C=O) groups is 4. The first-order valence-electron chi connectivity index (χ1n) is 14.2. The lowest BCUT2D eigenvalue weighted by Crippen LogP contribution is -2.56. The zero-order valence-corrected chi connectivity index (χ0v) is 23.2. The number of nitrogens with one attached hydrogen (secondary N) is 3. The van der Waals surface area contributed by atoms with Crippen LogP contribution in [0, 0.1) is 5.92 Å². The van der Waals surface area contributed by atoms with Crippen molar-refractivity contribution in [1.29, 1.82) is 0 Å². The predicted molar refractivity (Wildman–Crippen MR) is 144 cm³/mol. The van der Waals surface area contributed by atoms with E-state index in [9.17, 15) is 19.2 Å². The third-order valence-corrected chi connectivity index (χ3v) is 7.31. The Morgan fingerprint density at radius 3 is 2.44 bits per heavy atom. The minimum atomic E-state index is -0.979. The Balaban J connectivity index is 1.62.